The van der Waals surface area contributed by atoms with Crippen molar-refractivity contribution in [3.8, 4) is 0 Å². The van der Waals surface area contributed by atoms with Crippen LogP contribution in [0.15, 0.2) is 12.1 Å². The highest BCUT2D eigenvalue weighted by atomic mass is 35.5. The molecule has 1 saturated heterocycles. The lowest BCUT2D eigenvalue weighted by Crippen LogP contribution is -2.28. The van der Waals surface area contributed by atoms with Crippen LogP contribution in [-0.2, 0) is 14.8 Å². The van der Waals surface area contributed by atoms with E-state index < -0.39 is 21.8 Å². The van der Waals surface area contributed by atoms with Gasteiger partial charge in [0.15, 0.2) is 0 Å². The van der Waals surface area contributed by atoms with E-state index >= 15 is 0 Å². The van der Waals surface area contributed by atoms with Gasteiger partial charge >= 0.3 is 0 Å². The fraction of sp³-hybridized carbons (Fsp3) is 0.364. The normalized spacial score (nSPS) is 19.6. The molecule has 2 rings (SSSR count). The number of nitrogens with two attached hydrogens (primary N) is 2. The summed E-state index contributed by atoms with van der Waals surface area (Å²) in [5.41, 5.74) is 6.06. The van der Waals surface area contributed by atoms with Crippen molar-refractivity contribution in [2.75, 3.05) is 22.9 Å². The summed E-state index contributed by atoms with van der Waals surface area (Å²) in [6.07, 6.45) is 0.0279. The first-order valence-electron chi connectivity index (χ1n) is 5.72. The molecule has 1 amide bonds. The van der Waals surface area contributed by atoms with E-state index in [0.717, 1.165) is 6.07 Å². The fourth-order valence-electron chi connectivity index (χ4n) is 2.24. The van der Waals surface area contributed by atoms with Crippen LogP contribution in [0.25, 0.3) is 0 Å². The van der Waals surface area contributed by atoms with Gasteiger partial charge in [-0.2, -0.15) is 0 Å². The second-order valence-corrected chi connectivity index (χ2v) is 6.80. The molecular weight excluding hydrogens is 309 g/mol. The summed E-state index contributed by atoms with van der Waals surface area (Å²) < 4.78 is 35.6. The number of rotatable bonds is 3. The van der Waals surface area contributed by atoms with Crippen LogP contribution in [0.1, 0.15) is 6.42 Å². The van der Waals surface area contributed by atoms with Gasteiger partial charge in [0.05, 0.1) is 22.2 Å². The minimum atomic E-state index is -3.67. The molecule has 1 heterocycles. The van der Waals surface area contributed by atoms with E-state index in [-0.39, 0.29) is 41.0 Å². The Kier molecular flexibility index (Phi) is 3.90. The second-order valence-electron chi connectivity index (χ2n) is 4.73. The van der Waals surface area contributed by atoms with E-state index in [2.05, 4.69) is 0 Å². The Morgan fingerprint density at radius 1 is 1.45 bits per heavy atom. The number of carbonyl (C=O) groups is 1. The van der Waals surface area contributed by atoms with Crippen molar-refractivity contribution < 1.29 is 17.6 Å². The number of halogens is 2. The van der Waals surface area contributed by atoms with Crippen LogP contribution in [0.2, 0.25) is 5.02 Å². The highest BCUT2D eigenvalue weighted by molar-refractivity contribution is 7.89. The van der Waals surface area contributed by atoms with Crippen LogP contribution >= 0.6 is 11.6 Å². The van der Waals surface area contributed by atoms with E-state index in [0.29, 0.717) is 0 Å². The Hall–Kier alpha value is -1.38. The summed E-state index contributed by atoms with van der Waals surface area (Å²) in [5, 5.41) is 4.82. The molecule has 0 bridgehead atoms. The number of primary sulfonamides is 1. The van der Waals surface area contributed by atoms with Gasteiger partial charge in [0, 0.05) is 24.9 Å². The third-order valence-electron chi connectivity index (χ3n) is 3.03. The minimum absolute atomic E-state index is 0.0279. The molecule has 1 atom stereocenters. The van der Waals surface area contributed by atoms with Crippen LogP contribution in [0, 0.1) is 11.7 Å². The Balaban J connectivity index is 2.26. The largest absolute Gasteiger partial charge is 0.397 e. The van der Waals surface area contributed by atoms with E-state index in [1.165, 1.54) is 11.0 Å². The van der Waals surface area contributed by atoms with Crippen molar-refractivity contribution in [1.82, 2.24) is 0 Å². The number of sulfonamides is 1. The molecule has 0 spiro atoms. The van der Waals surface area contributed by atoms with Gasteiger partial charge in [-0.15, -0.1) is 0 Å². The maximum Gasteiger partial charge on any atom is 0.227 e. The summed E-state index contributed by atoms with van der Waals surface area (Å²) >= 11 is 5.59. The summed E-state index contributed by atoms with van der Waals surface area (Å²) in [6, 6.07) is 2.28. The van der Waals surface area contributed by atoms with E-state index in [1.54, 1.807) is 0 Å². The predicted molar refractivity (Wildman–Crippen MR) is 74.3 cm³/mol. The third-order valence-corrected chi connectivity index (χ3v) is 4.26. The van der Waals surface area contributed by atoms with Crippen LogP contribution in [0.4, 0.5) is 15.8 Å². The quantitative estimate of drug-likeness (QED) is 0.799. The molecule has 1 fully saturated rings. The first-order valence-corrected chi connectivity index (χ1v) is 7.82. The second kappa shape index (κ2) is 5.19. The van der Waals surface area contributed by atoms with Gasteiger partial charge in [0.1, 0.15) is 5.82 Å². The first kappa shape index (κ1) is 15.0. The molecule has 1 unspecified atom stereocenters. The molecule has 0 radical (unpaired) electrons. The van der Waals surface area contributed by atoms with Gasteiger partial charge in [0.25, 0.3) is 0 Å². The monoisotopic (exact) mass is 321 g/mol. The van der Waals surface area contributed by atoms with E-state index in [4.69, 9.17) is 22.5 Å². The maximum absolute atomic E-state index is 13.5. The van der Waals surface area contributed by atoms with Crippen LogP contribution in [-0.4, -0.2) is 26.6 Å². The number of hydrogen-bond acceptors (Lipinski definition) is 4. The van der Waals surface area contributed by atoms with Gasteiger partial charge < -0.3 is 10.6 Å². The van der Waals surface area contributed by atoms with Crippen LogP contribution in [0.3, 0.4) is 0 Å². The predicted octanol–water partition coefficient (Wildman–Crippen LogP) is 0.703. The smallest absolute Gasteiger partial charge is 0.227 e. The molecule has 9 heteroatoms. The van der Waals surface area contributed by atoms with Gasteiger partial charge in [-0.25, -0.2) is 17.9 Å². The van der Waals surface area contributed by atoms with Gasteiger partial charge in [0.2, 0.25) is 15.9 Å². The summed E-state index contributed by atoms with van der Waals surface area (Å²) in [5.74, 6) is -1.76. The summed E-state index contributed by atoms with van der Waals surface area (Å²) in [4.78, 5) is 13.2. The number of amides is 1. The molecule has 0 aromatic heterocycles. The maximum atomic E-state index is 13.5. The number of benzene rings is 1. The molecular formula is C11H13ClFN3O3S. The van der Waals surface area contributed by atoms with Crippen LogP contribution in [0.5, 0.6) is 0 Å². The van der Waals surface area contributed by atoms with Crippen molar-refractivity contribution >= 4 is 38.9 Å². The minimum Gasteiger partial charge on any atom is -0.397 e. The number of nitrogen functional groups attached to an aromatic ring is 1. The molecule has 110 valence electrons. The number of nitrogens with zero attached hydrogens (tertiary/aromatic N) is 1. The van der Waals surface area contributed by atoms with Gasteiger partial charge in [-0.1, -0.05) is 11.6 Å². The fourth-order valence-corrected chi connectivity index (χ4v) is 3.29. The van der Waals surface area contributed by atoms with E-state index in [1.807, 2.05) is 0 Å². The first-order chi connectivity index (χ1) is 9.17. The standard InChI is InChI=1S/C11H13ClFN3O3S/c12-7-2-9(14)10(3-8(7)13)16-4-6(1-11(16)17)5-20(15,18)19/h2-3,6H,1,4-5,14H2,(H2,15,18,19). The highest BCUT2D eigenvalue weighted by Gasteiger charge is 2.34. The third kappa shape index (κ3) is 3.20. The highest BCUT2D eigenvalue weighted by Crippen LogP contribution is 2.33. The Labute approximate surface area is 120 Å². The van der Waals surface area contributed by atoms with Crippen molar-refractivity contribution in [3.05, 3.63) is 23.0 Å². The van der Waals surface area contributed by atoms with Crippen molar-refractivity contribution in [2.45, 2.75) is 6.42 Å². The zero-order chi connectivity index (χ0) is 15.1. The molecule has 1 aliphatic heterocycles. The van der Waals surface area contributed by atoms with Crippen molar-refractivity contribution in [2.24, 2.45) is 11.1 Å². The average Bonchev–Trinajstić information content (AvgIpc) is 2.62. The Morgan fingerprint density at radius 3 is 2.70 bits per heavy atom. The van der Waals surface area contributed by atoms with Crippen molar-refractivity contribution in [3.63, 3.8) is 0 Å². The zero-order valence-electron chi connectivity index (χ0n) is 10.3. The summed E-state index contributed by atoms with van der Waals surface area (Å²) in [7, 11) is -3.67. The lowest BCUT2D eigenvalue weighted by Gasteiger charge is -2.19. The number of carbonyl (C=O) groups excluding carboxylic acids is 1. The van der Waals surface area contributed by atoms with Crippen molar-refractivity contribution in [1.29, 1.82) is 0 Å². The summed E-state index contributed by atoms with van der Waals surface area (Å²) in [6.45, 7) is 0.126. The number of hydrogen-bond donors (Lipinski definition) is 2. The van der Waals surface area contributed by atoms with Crippen LogP contribution < -0.4 is 15.8 Å². The molecule has 6 nitrogen and oxygen atoms in total. The molecule has 1 aromatic carbocycles. The molecule has 0 aliphatic carbocycles. The SMILES string of the molecule is Nc1cc(Cl)c(F)cc1N1CC(CS(N)(=O)=O)CC1=O. The molecule has 0 saturated carbocycles. The lowest BCUT2D eigenvalue weighted by molar-refractivity contribution is -0.117. The lowest BCUT2D eigenvalue weighted by atomic mass is 10.1. The van der Waals surface area contributed by atoms with E-state index in [9.17, 15) is 17.6 Å². The van der Waals surface area contributed by atoms with Gasteiger partial charge in [-0.3, -0.25) is 4.79 Å². The molecule has 1 aromatic rings. The Morgan fingerprint density at radius 2 is 2.10 bits per heavy atom. The molecule has 4 N–H and O–H groups in total. The average molecular weight is 322 g/mol. The molecule has 20 heavy (non-hydrogen) atoms. The number of anilines is 2. The topological polar surface area (TPSA) is 106 Å². The van der Waals surface area contributed by atoms with Gasteiger partial charge in [-0.05, 0) is 6.07 Å². The molecule has 1 aliphatic rings. The Bertz CT molecular complexity index is 665. The zero-order valence-corrected chi connectivity index (χ0v) is 11.9.